The molecular formula is C15H25N3. The number of hydrogen-bond donors (Lipinski definition) is 1. The van der Waals surface area contributed by atoms with Crippen LogP contribution in [0.3, 0.4) is 0 Å². The Morgan fingerprint density at radius 3 is 2.72 bits per heavy atom. The lowest BCUT2D eigenvalue weighted by atomic mass is 10.0. The highest BCUT2D eigenvalue weighted by Crippen LogP contribution is 2.24. The molecule has 0 aliphatic heterocycles. The van der Waals surface area contributed by atoms with E-state index in [1.54, 1.807) is 0 Å². The van der Waals surface area contributed by atoms with E-state index in [4.69, 9.17) is 0 Å². The minimum atomic E-state index is 0.522. The third kappa shape index (κ3) is 3.22. The Bertz CT molecular complexity index is 385. The number of nitrogens with zero attached hydrogens (tertiary/aromatic N) is 2. The van der Waals surface area contributed by atoms with Crippen LogP contribution in [-0.4, -0.2) is 24.1 Å². The maximum absolute atomic E-state index is 4.28. The molecule has 1 aromatic heterocycles. The molecule has 0 amide bonds. The van der Waals surface area contributed by atoms with Gasteiger partial charge >= 0.3 is 0 Å². The number of nitrogens with one attached hydrogen (secondary N) is 1. The minimum absolute atomic E-state index is 0.522. The van der Waals surface area contributed by atoms with Crippen molar-refractivity contribution in [2.45, 2.75) is 52.2 Å². The molecule has 3 nitrogen and oxygen atoms in total. The Hall–Kier alpha value is -1.09. The number of rotatable bonds is 6. The van der Waals surface area contributed by atoms with Crippen molar-refractivity contribution in [2.24, 2.45) is 5.92 Å². The molecule has 1 aromatic rings. The summed E-state index contributed by atoms with van der Waals surface area (Å²) < 4.78 is 0. The minimum Gasteiger partial charge on any atom is -0.370 e. The van der Waals surface area contributed by atoms with Crippen LogP contribution < -0.4 is 10.2 Å². The molecule has 0 bridgehead atoms. The molecule has 2 rings (SSSR count). The van der Waals surface area contributed by atoms with E-state index >= 15 is 0 Å². The van der Waals surface area contributed by atoms with E-state index in [0.29, 0.717) is 12.0 Å². The number of anilines is 1. The van der Waals surface area contributed by atoms with Crippen molar-refractivity contribution in [2.75, 3.05) is 11.9 Å². The first-order chi connectivity index (χ1) is 8.59. The third-order valence-corrected chi connectivity index (χ3v) is 4.00. The van der Waals surface area contributed by atoms with E-state index < -0.39 is 0 Å². The van der Waals surface area contributed by atoms with Gasteiger partial charge in [0.15, 0.2) is 0 Å². The second kappa shape index (κ2) is 5.70. The summed E-state index contributed by atoms with van der Waals surface area (Å²) in [5.74, 6) is 0.638. The van der Waals surface area contributed by atoms with Crippen molar-refractivity contribution in [3.63, 3.8) is 0 Å². The second-order valence-electron chi connectivity index (χ2n) is 5.76. The van der Waals surface area contributed by atoms with Gasteiger partial charge in [-0.05, 0) is 37.3 Å². The van der Waals surface area contributed by atoms with E-state index in [9.17, 15) is 0 Å². The average molecular weight is 247 g/mol. The average Bonchev–Trinajstić information content (AvgIpc) is 3.19. The molecule has 100 valence electrons. The smallest absolute Gasteiger partial charge is 0.0598 e. The van der Waals surface area contributed by atoms with Crippen molar-refractivity contribution in [3.8, 4) is 0 Å². The van der Waals surface area contributed by atoms with Gasteiger partial charge in [-0.25, -0.2) is 0 Å². The quantitative estimate of drug-likeness (QED) is 0.838. The molecule has 1 atom stereocenters. The lowest BCUT2D eigenvalue weighted by Gasteiger charge is -2.31. The van der Waals surface area contributed by atoms with Gasteiger partial charge in [0.1, 0.15) is 0 Å². The summed E-state index contributed by atoms with van der Waals surface area (Å²) >= 11 is 0. The molecule has 1 saturated carbocycles. The van der Waals surface area contributed by atoms with E-state index in [-0.39, 0.29) is 0 Å². The zero-order valence-corrected chi connectivity index (χ0v) is 12.0. The Balaban J connectivity index is 2.09. The molecule has 1 N–H and O–H groups in total. The number of pyridine rings is 1. The molecular weight excluding hydrogens is 222 g/mol. The highest BCUT2D eigenvalue weighted by Gasteiger charge is 2.21. The zero-order chi connectivity index (χ0) is 13.1. The summed E-state index contributed by atoms with van der Waals surface area (Å²) in [7, 11) is 2.17. The van der Waals surface area contributed by atoms with Gasteiger partial charge in [0.2, 0.25) is 0 Å². The molecule has 0 radical (unpaired) electrons. The molecule has 18 heavy (non-hydrogen) atoms. The fourth-order valence-corrected chi connectivity index (χ4v) is 2.09. The lowest BCUT2D eigenvalue weighted by Crippen LogP contribution is -2.34. The van der Waals surface area contributed by atoms with Crippen LogP contribution in [0.1, 0.15) is 39.2 Å². The van der Waals surface area contributed by atoms with Gasteiger partial charge in [0.05, 0.1) is 11.9 Å². The SMILES string of the molecule is CC(C)C(C)N(C)c1cnccc1CNC1CC1. The van der Waals surface area contributed by atoms with Crippen molar-refractivity contribution in [3.05, 3.63) is 24.0 Å². The highest BCUT2D eigenvalue weighted by molar-refractivity contribution is 5.51. The summed E-state index contributed by atoms with van der Waals surface area (Å²) in [4.78, 5) is 6.63. The van der Waals surface area contributed by atoms with Crippen molar-refractivity contribution < 1.29 is 0 Å². The Kier molecular flexibility index (Phi) is 4.23. The first-order valence-electron chi connectivity index (χ1n) is 6.98. The van der Waals surface area contributed by atoms with Crippen LogP contribution in [0.2, 0.25) is 0 Å². The van der Waals surface area contributed by atoms with Crippen LogP contribution in [0.15, 0.2) is 18.5 Å². The van der Waals surface area contributed by atoms with Gasteiger partial charge < -0.3 is 10.2 Å². The molecule has 0 spiro atoms. The summed E-state index contributed by atoms with van der Waals surface area (Å²) in [6, 6.07) is 3.40. The fraction of sp³-hybridized carbons (Fsp3) is 0.667. The number of aromatic nitrogens is 1. The first kappa shape index (κ1) is 13.3. The molecule has 1 aliphatic carbocycles. The van der Waals surface area contributed by atoms with Crippen molar-refractivity contribution in [1.29, 1.82) is 0 Å². The third-order valence-electron chi connectivity index (χ3n) is 4.00. The van der Waals surface area contributed by atoms with Crippen LogP contribution in [0.5, 0.6) is 0 Å². The molecule has 1 fully saturated rings. The van der Waals surface area contributed by atoms with Crippen LogP contribution in [-0.2, 0) is 6.54 Å². The first-order valence-corrected chi connectivity index (χ1v) is 6.98. The van der Waals surface area contributed by atoms with Crippen LogP contribution >= 0.6 is 0 Å². The standard InChI is InChI=1S/C15H25N3/c1-11(2)12(3)18(4)15-10-16-8-7-13(15)9-17-14-5-6-14/h7-8,10-12,14,17H,5-6,9H2,1-4H3. The largest absolute Gasteiger partial charge is 0.370 e. The summed E-state index contributed by atoms with van der Waals surface area (Å²) in [6.45, 7) is 7.76. The molecule has 1 heterocycles. The zero-order valence-electron chi connectivity index (χ0n) is 12.0. The summed E-state index contributed by atoms with van der Waals surface area (Å²) in [6.07, 6.45) is 6.54. The van der Waals surface area contributed by atoms with E-state index in [1.165, 1.54) is 24.1 Å². The Morgan fingerprint density at radius 1 is 1.39 bits per heavy atom. The molecule has 0 aromatic carbocycles. The van der Waals surface area contributed by atoms with Gasteiger partial charge in [-0.2, -0.15) is 0 Å². The summed E-state index contributed by atoms with van der Waals surface area (Å²) in [5, 5.41) is 3.58. The molecule has 0 saturated heterocycles. The van der Waals surface area contributed by atoms with Crippen LogP contribution in [0.25, 0.3) is 0 Å². The maximum Gasteiger partial charge on any atom is 0.0598 e. The molecule has 1 aliphatic rings. The predicted molar refractivity (Wildman–Crippen MR) is 76.8 cm³/mol. The normalized spacial score (nSPS) is 16.9. The van der Waals surface area contributed by atoms with Gasteiger partial charge in [-0.3, -0.25) is 4.98 Å². The van der Waals surface area contributed by atoms with Gasteiger partial charge in [0.25, 0.3) is 0 Å². The van der Waals surface area contributed by atoms with E-state index in [1.807, 2.05) is 12.4 Å². The van der Waals surface area contributed by atoms with E-state index in [2.05, 4.69) is 49.1 Å². The number of hydrogen-bond acceptors (Lipinski definition) is 3. The molecule has 1 unspecified atom stereocenters. The van der Waals surface area contributed by atoms with Crippen LogP contribution in [0.4, 0.5) is 5.69 Å². The summed E-state index contributed by atoms with van der Waals surface area (Å²) in [5.41, 5.74) is 2.61. The topological polar surface area (TPSA) is 28.2 Å². The molecule has 3 heteroatoms. The van der Waals surface area contributed by atoms with Crippen molar-refractivity contribution >= 4 is 5.69 Å². The van der Waals surface area contributed by atoms with Gasteiger partial charge in [0, 0.05) is 31.9 Å². The van der Waals surface area contributed by atoms with E-state index in [0.717, 1.165) is 12.6 Å². The second-order valence-corrected chi connectivity index (χ2v) is 5.76. The monoisotopic (exact) mass is 247 g/mol. The Morgan fingerprint density at radius 2 is 2.11 bits per heavy atom. The van der Waals surface area contributed by atoms with Gasteiger partial charge in [-0.1, -0.05) is 13.8 Å². The fourth-order valence-electron chi connectivity index (χ4n) is 2.09. The lowest BCUT2D eigenvalue weighted by molar-refractivity contribution is 0.503. The Labute approximate surface area is 111 Å². The maximum atomic E-state index is 4.28. The highest BCUT2D eigenvalue weighted by atomic mass is 15.1. The van der Waals surface area contributed by atoms with Crippen LogP contribution in [0, 0.1) is 5.92 Å². The predicted octanol–water partition coefficient (Wildman–Crippen LogP) is 2.81. The van der Waals surface area contributed by atoms with Gasteiger partial charge in [-0.15, -0.1) is 0 Å². The van der Waals surface area contributed by atoms with Crippen molar-refractivity contribution in [1.82, 2.24) is 10.3 Å².